The van der Waals surface area contributed by atoms with Crippen molar-refractivity contribution in [2.75, 3.05) is 11.9 Å². The number of aromatic nitrogens is 3. The Morgan fingerprint density at radius 3 is 3.09 bits per heavy atom. The molecule has 1 N–H and O–H groups in total. The van der Waals surface area contributed by atoms with Gasteiger partial charge in [0.05, 0.1) is 23.0 Å². The van der Waals surface area contributed by atoms with Crippen LogP contribution in [0.5, 0.6) is 0 Å². The third kappa shape index (κ3) is 2.77. The van der Waals surface area contributed by atoms with Crippen LogP contribution >= 0.6 is 22.9 Å². The minimum atomic E-state index is -0.415. The molecule has 0 saturated carbocycles. The first-order valence-corrected chi connectivity index (χ1v) is 7.80. The number of aryl methyl sites for hydroxylation is 1. The van der Waals surface area contributed by atoms with Gasteiger partial charge in [0.15, 0.2) is 5.13 Å². The summed E-state index contributed by atoms with van der Waals surface area (Å²) in [7, 11) is 1.75. The van der Waals surface area contributed by atoms with Crippen LogP contribution in [0.2, 0.25) is 5.02 Å². The summed E-state index contributed by atoms with van der Waals surface area (Å²) in [6, 6.07) is 5.51. The third-order valence-electron chi connectivity index (χ3n) is 3.01. The average molecular weight is 337 g/mol. The molecular formula is C14H13ClN4O2S. The standard InChI is InChI=1S/C14H13ClN4O2S/c1-3-21-13(20)9-7-16-19(2)12(9)18-14-17-10-5-4-8(15)6-11(10)22-14/h4-7H,3H2,1-2H3,(H,17,18). The van der Waals surface area contributed by atoms with E-state index in [-0.39, 0.29) is 0 Å². The Hall–Kier alpha value is -2.12. The zero-order valence-electron chi connectivity index (χ0n) is 12.0. The number of esters is 1. The van der Waals surface area contributed by atoms with Gasteiger partial charge in [-0.2, -0.15) is 5.10 Å². The molecule has 1 aromatic carbocycles. The van der Waals surface area contributed by atoms with Crippen LogP contribution in [-0.4, -0.2) is 27.3 Å². The van der Waals surface area contributed by atoms with Gasteiger partial charge in [0.25, 0.3) is 0 Å². The highest BCUT2D eigenvalue weighted by Crippen LogP contribution is 2.31. The van der Waals surface area contributed by atoms with E-state index in [4.69, 9.17) is 16.3 Å². The number of carbonyl (C=O) groups excluding carboxylic acids is 1. The van der Waals surface area contributed by atoms with Crippen LogP contribution in [0.3, 0.4) is 0 Å². The first-order chi connectivity index (χ1) is 10.6. The number of nitrogens with one attached hydrogen (secondary N) is 1. The van der Waals surface area contributed by atoms with Crippen LogP contribution in [0.4, 0.5) is 10.9 Å². The SMILES string of the molecule is CCOC(=O)c1cnn(C)c1Nc1nc2ccc(Cl)cc2s1. The van der Waals surface area contributed by atoms with Crippen molar-refractivity contribution in [3.8, 4) is 0 Å². The van der Waals surface area contributed by atoms with Crippen LogP contribution in [0.25, 0.3) is 10.2 Å². The van der Waals surface area contributed by atoms with Crippen LogP contribution in [0, 0.1) is 0 Å². The third-order valence-corrected chi connectivity index (χ3v) is 4.18. The van der Waals surface area contributed by atoms with Crippen molar-refractivity contribution >= 4 is 50.1 Å². The van der Waals surface area contributed by atoms with Gasteiger partial charge in [-0.3, -0.25) is 4.68 Å². The van der Waals surface area contributed by atoms with Gasteiger partial charge in [-0.05, 0) is 25.1 Å². The normalized spacial score (nSPS) is 10.9. The molecule has 2 heterocycles. The Labute approximate surface area is 135 Å². The van der Waals surface area contributed by atoms with Crippen molar-refractivity contribution in [1.82, 2.24) is 14.8 Å². The molecule has 114 valence electrons. The summed E-state index contributed by atoms with van der Waals surface area (Å²) in [6.45, 7) is 2.07. The Balaban J connectivity index is 1.94. The second-order valence-corrected chi connectivity index (χ2v) is 5.97. The maximum Gasteiger partial charge on any atom is 0.343 e. The quantitative estimate of drug-likeness (QED) is 0.737. The molecule has 0 fully saturated rings. The lowest BCUT2D eigenvalue weighted by atomic mass is 10.3. The molecule has 0 bridgehead atoms. The van der Waals surface area contributed by atoms with Crippen molar-refractivity contribution in [1.29, 1.82) is 0 Å². The average Bonchev–Trinajstić information content (AvgIpc) is 3.03. The minimum Gasteiger partial charge on any atom is -0.462 e. The van der Waals surface area contributed by atoms with Crippen molar-refractivity contribution < 1.29 is 9.53 Å². The number of anilines is 2. The maximum absolute atomic E-state index is 11.9. The fourth-order valence-electron chi connectivity index (χ4n) is 2.00. The predicted molar refractivity (Wildman–Crippen MR) is 87.1 cm³/mol. The number of benzene rings is 1. The van der Waals surface area contributed by atoms with Crippen LogP contribution < -0.4 is 5.32 Å². The van der Waals surface area contributed by atoms with E-state index in [1.807, 2.05) is 12.1 Å². The zero-order valence-corrected chi connectivity index (χ0v) is 13.5. The molecule has 0 atom stereocenters. The Morgan fingerprint density at radius 1 is 1.50 bits per heavy atom. The molecule has 22 heavy (non-hydrogen) atoms. The van der Waals surface area contributed by atoms with E-state index in [1.165, 1.54) is 17.5 Å². The predicted octanol–water partition coefficient (Wildman–Crippen LogP) is 3.60. The molecule has 2 aromatic heterocycles. The van der Waals surface area contributed by atoms with Gasteiger partial charge in [-0.1, -0.05) is 22.9 Å². The lowest BCUT2D eigenvalue weighted by Gasteiger charge is -2.06. The van der Waals surface area contributed by atoms with Gasteiger partial charge in [0.1, 0.15) is 11.4 Å². The summed E-state index contributed by atoms with van der Waals surface area (Å²) < 4.78 is 7.57. The number of hydrogen-bond donors (Lipinski definition) is 1. The largest absolute Gasteiger partial charge is 0.462 e. The molecule has 0 aliphatic rings. The number of thiazole rings is 1. The zero-order chi connectivity index (χ0) is 15.7. The number of carbonyl (C=O) groups is 1. The minimum absolute atomic E-state index is 0.312. The van der Waals surface area contributed by atoms with Crippen LogP contribution in [0.15, 0.2) is 24.4 Å². The number of hydrogen-bond acceptors (Lipinski definition) is 6. The number of ether oxygens (including phenoxy) is 1. The first kappa shape index (κ1) is 14.8. The molecule has 6 nitrogen and oxygen atoms in total. The Bertz CT molecular complexity index is 843. The van der Waals surface area contributed by atoms with Crippen molar-refractivity contribution in [2.45, 2.75) is 6.92 Å². The summed E-state index contributed by atoms with van der Waals surface area (Å²) >= 11 is 7.43. The van der Waals surface area contributed by atoms with E-state index in [0.717, 1.165) is 10.2 Å². The monoisotopic (exact) mass is 336 g/mol. The summed E-state index contributed by atoms with van der Waals surface area (Å²) in [4.78, 5) is 16.4. The molecule has 0 radical (unpaired) electrons. The molecule has 0 unspecified atom stereocenters. The maximum atomic E-state index is 11.9. The van der Waals surface area contributed by atoms with Gasteiger partial charge in [0, 0.05) is 12.1 Å². The molecule has 3 rings (SSSR count). The van der Waals surface area contributed by atoms with E-state index >= 15 is 0 Å². The van der Waals surface area contributed by atoms with Crippen molar-refractivity contribution in [3.63, 3.8) is 0 Å². The summed E-state index contributed by atoms with van der Waals surface area (Å²) in [5.74, 6) is 0.130. The van der Waals surface area contributed by atoms with Gasteiger partial charge < -0.3 is 10.1 Å². The molecule has 0 saturated heterocycles. The molecule has 8 heteroatoms. The highest BCUT2D eigenvalue weighted by molar-refractivity contribution is 7.22. The van der Waals surface area contributed by atoms with E-state index in [2.05, 4.69) is 15.4 Å². The topological polar surface area (TPSA) is 69.0 Å². The summed E-state index contributed by atoms with van der Waals surface area (Å²) in [6.07, 6.45) is 1.48. The van der Waals surface area contributed by atoms with E-state index in [0.29, 0.717) is 28.1 Å². The van der Waals surface area contributed by atoms with E-state index < -0.39 is 5.97 Å². The smallest absolute Gasteiger partial charge is 0.343 e. The Kier molecular flexibility index (Phi) is 4.00. The van der Waals surface area contributed by atoms with Crippen molar-refractivity contribution in [2.24, 2.45) is 7.05 Å². The second kappa shape index (κ2) is 5.94. The van der Waals surface area contributed by atoms with Crippen LogP contribution in [0.1, 0.15) is 17.3 Å². The molecule has 0 aliphatic carbocycles. The summed E-state index contributed by atoms with van der Waals surface area (Å²) in [5.41, 5.74) is 1.22. The molecular weight excluding hydrogens is 324 g/mol. The molecule has 3 aromatic rings. The number of nitrogens with zero attached hydrogens (tertiary/aromatic N) is 3. The second-order valence-electron chi connectivity index (χ2n) is 4.51. The van der Waals surface area contributed by atoms with Gasteiger partial charge >= 0.3 is 5.97 Å². The lowest BCUT2D eigenvalue weighted by molar-refractivity contribution is 0.0527. The fraction of sp³-hybridized carbons (Fsp3) is 0.214. The van der Waals surface area contributed by atoms with E-state index in [1.54, 1.807) is 24.7 Å². The fourth-order valence-corrected chi connectivity index (χ4v) is 3.14. The lowest BCUT2D eigenvalue weighted by Crippen LogP contribution is -2.08. The van der Waals surface area contributed by atoms with Gasteiger partial charge in [0.2, 0.25) is 0 Å². The highest BCUT2D eigenvalue weighted by Gasteiger charge is 2.18. The van der Waals surface area contributed by atoms with Gasteiger partial charge in [-0.15, -0.1) is 0 Å². The number of rotatable bonds is 4. The molecule has 0 aliphatic heterocycles. The Morgan fingerprint density at radius 2 is 2.32 bits per heavy atom. The first-order valence-electron chi connectivity index (χ1n) is 6.60. The van der Waals surface area contributed by atoms with E-state index in [9.17, 15) is 4.79 Å². The summed E-state index contributed by atoms with van der Waals surface area (Å²) in [5, 5.41) is 8.55. The number of fused-ring (bicyclic) bond motifs is 1. The van der Waals surface area contributed by atoms with Crippen molar-refractivity contribution in [3.05, 3.63) is 35.0 Å². The molecule has 0 spiro atoms. The molecule has 0 amide bonds. The number of halogens is 1. The van der Waals surface area contributed by atoms with Crippen LogP contribution in [-0.2, 0) is 11.8 Å². The van der Waals surface area contributed by atoms with Gasteiger partial charge in [-0.25, -0.2) is 9.78 Å². The highest BCUT2D eigenvalue weighted by atomic mass is 35.5.